The number of nitrogens with zero attached hydrogens (tertiary/aromatic N) is 2. The number of piperidine rings is 1. The van der Waals surface area contributed by atoms with Crippen LogP contribution in [0.15, 0.2) is 47.4 Å². The van der Waals surface area contributed by atoms with Gasteiger partial charge in [-0.3, -0.25) is 0 Å². The molecule has 2 heterocycles. The fourth-order valence-corrected chi connectivity index (χ4v) is 5.55. The monoisotopic (exact) mass is 386 g/mol. The molecule has 144 valence electrons. The normalized spacial score (nSPS) is 20.9. The van der Waals surface area contributed by atoms with Gasteiger partial charge in [-0.15, -0.1) is 0 Å². The Bertz CT molecular complexity index is 774. The van der Waals surface area contributed by atoms with Crippen LogP contribution in [0.25, 0.3) is 0 Å². The first-order chi connectivity index (χ1) is 13.1. The minimum Gasteiger partial charge on any atom is -0.610 e. The number of halogens is 1. The fourth-order valence-electron chi connectivity index (χ4n) is 4.18. The van der Waals surface area contributed by atoms with E-state index in [0.29, 0.717) is 11.8 Å². The second-order valence-corrected chi connectivity index (χ2v) is 9.23. The third-order valence-corrected chi connectivity index (χ3v) is 7.29. The highest BCUT2D eigenvalue weighted by molar-refractivity contribution is 7.92. The minimum absolute atomic E-state index is 0.157. The van der Waals surface area contributed by atoms with Crippen molar-refractivity contribution in [2.45, 2.75) is 30.6 Å². The van der Waals surface area contributed by atoms with E-state index in [-0.39, 0.29) is 5.82 Å². The number of benzene rings is 2. The number of anilines is 1. The van der Waals surface area contributed by atoms with E-state index in [2.05, 4.69) is 28.0 Å². The van der Waals surface area contributed by atoms with Crippen molar-refractivity contribution >= 4 is 16.9 Å². The molecular formula is C22H27FN2OS. The van der Waals surface area contributed by atoms with Crippen LogP contribution in [0, 0.1) is 11.7 Å². The molecule has 0 amide bonds. The topological polar surface area (TPSA) is 29.5 Å². The number of hydrogen-bond acceptors (Lipinski definition) is 3. The summed E-state index contributed by atoms with van der Waals surface area (Å²) in [6, 6.07) is 13.4. The maximum atomic E-state index is 13.0. The van der Waals surface area contributed by atoms with Crippen molar-refractivity contribution in [2.24, 2.45) is 5.92 Å². The molecule has 5 heteroatoms. The fraction of sp³-hybridized carbons (Fsp3) is 0.455. The summed E-state index contributed by atoms with van der Waals surface area (Å²) in [6.07, 6.45) is 4.47. The second-order valence-electron chi connectivity index (χ2n) is 7.84. The second kappa shape index (κ2) is 8.21. The molecule has 0 N–H and O–H groups in total. The molecule has 1 atom stereocenters. The Balaban J connectivity index is 1.25. The third kappa shape index (κ3) is 4.48. The van der Waals surface area contributed by atoms with E-state index in [1.54, 1.807) is 12.1 Å². The largest absolute Gasteiger partial charge is 0.610 e. The van der Waals surface area contributed by atoms with E-state index in [0.717, 1.165) is 43.1 Å². The lowest BCUT2D eigenvalue weighted by atomic mass is 9.90. The number of hydrogen-bond donors (Lipinski definition) is 0. The lowest BCUT2D eigenvalue weighted by Gasteiger charge is -2.32. The van der Waals surface area contributed by atoms with Crippen molar-refractivity contribution < 1.29 is 8.94 Å². The summed E-state index contributed by atoms with van der Waals surface area (Å²) in [5, 5.41) is 0. The zero-order valence-corrected chi connectivity index (χ0v) is 16.7. The van der Waals surface area contributed by atoms with Gasteiger partial charge in [0.25, 0.3) is 0 Å². The van der Waals surface area contributed by atoms with Crippen molar-refractivity contribution in [3.63, 3.8) is 0 Å². The van der Waals surface area contributed by atoms with E-state index in [1.807, 2.05) is 19.2 Å². The Labute approximate surface area is 164 Å². The van der Waals surface area contributed by atoms with Gasteiger partial charge >= 0.3 is 0 Å². The summed E-state index contributed by atoms with van der Waals surface area (Å²) in [7, 11) is 2.00. The molecule has 0 aliphatic carbocycles. The first kappa shape index (κ1) is 18.8. The van der Waals surface area contributed by atoms with Crippen molar-refractivity contribution in [1.29, 1.82) is 0 Å². The maximum Gasteiger partial charge on any atom is 0.183 e. The van der Waals surface area contributed by atoms with E-state index < -0.39 is 11.2 Å². The van der Waals surface area contributed by atoms with Crippen LogP contribution in [-0.2, 0) is 24.0 Å². The van der Waals surface area contributed by atoms with Gasteiger partial charge in [-0.05, 0) is 80.1 Å². The predicted molar refractivity (Wildman–Crippen MR) is 109 cm³/mol. The highest BCUT2D eigenvalue weighted by atomic mass is 32.2. The molecule has 2 aliphatic rings. The Morgan fingerprint density at radius 2 is 1.78 bits per heavy atom. The SMILES string of the molecule is CN1C[S+]([O-])c2cc(CCN3CCC(Cc4ccc(F)cc4)CC3)ccc21. The zero-order valence-electron chi connectivity index (χ0n) is 15.9. The smallest absolute Gasteiger partial charge is 0.183 e. The molecule has 0 bridgehead atoms. The van der Waals surface area contributed by atoms with E-state index in [1.165, 1.54) is 24.0 Å². The average molecular weight is 387 g/mol. The van der Waals surface area contributed by atoms with Crippen LogP contribution in [0.3, 0.4) is 0 Å². The van der Waals surface area contributed by atoms with E-state index in [4.69, 9.17) is 0 Å². The summed E-state index contributed by atoms with van der Waals surface area (Å²) in [6.45, 7) is 3.32. The molecule has 0 spiro atoms. The summed E-state index contributed by atoms with van der Waals surface area (Å²) in [5.74, 6) is 1.15. The first-order valence-electron chi connectivity index (χ1n) is 9.78. The summed E-state index contributed by atoms with van der Waals surface area (Å²) < 4.78 is 25.2. The predicted octanol–water partition coefficient (Wildman–Crippen LogP) is 3.84. The molecule has 0 saturated carbocycles. The molecule has 2 aromatic carbocycles. The van der Waals surface area contributed by atoms with Crippen LogP contribution in [0.5, 0.6) is 0 Å². The number of rotatable bonds is 5. The van der Waals surface area contributed by atoms with Crippen molar-refractivity contribution in [3.8, 4) is 0 Å². The molecule has 0 aromatic heterocycles. The quantitative estimate of drug-likeness (QED) is 0.732. The van der Waals surface area contributed by atoms with Gasteiger partial charge < -0.3 is 14.4 Å². The molecule has 4 rings (SSSR count). The van der Waals surface area contributed by atoms with Crippen LogP contribution >= 0.6 is 0 Å². The summed E-state index contributed by atoms with van der Waals surface area (Å²) >= 11 is -0.883. The Hall–Kier alpha value is -1.56. The van der Waals surface area contributed by atoms with Crippen LogP contribution < -0.4 is 4.90 Å². The first-order valence-corrected chi connectivity index (χ1v) is 11.1. The van der Waals surface area contributed by atoms with Crippen molar-refractivity contribution in [1.82, 2.24) is 4.90 Å². The van der Waals surface area contributed by atoms with E-state index in [9.17, 15) is 8.94 Å². The third-order valence-electron chi connectivity index (χ3n) is 5.85. The number of likely N-dealkylation sites (tertiary alicyclic amines) is 1. The molecule has 2 aromatic rings. The Morgan fingerprint density at radius 3 is 2.52 bits per heavy atom. The number of fused-ring (bicyclic) bond motifs is 1. The van der Waals surface area contributed by atoms with E-state index >= 15 is 0 Å². The van der Waals surface area contributed by atoms with Gasteiger partial charge in [0.1, 0.15) is 5.82 Å². The van der Waals surface area contributed by atoms with Gasteiger partial charge in [-0.25, -0.2) is 4.39 Å². The minimum atomic E-state index is -0.883. The molecule has 1 saturated heterocycles. The van der Waals surface area contributed by atoms with Crippen molar-refractivity contribution in [3.05, 3.63) is 59.4 Å². The van der Waals surface area contributed by atoms with Crippen LogP contribution in [0.1, 0.15) is 24.0 Å². The van der Waals surface area contributed by atoms with Crippen molar-refractivity contribution in [2.75, 3.05) is 37.5 Å². The van der Waals surface area contributed by atoms with Crippen LogP contribution in [-0.4, -0.2) is 42.0 Å². The lowest BCUT2D eigenvalue weighted by Crippen LogP contribution is -2.35. The lowest BCUT2D eigenvalue weighted by molar-refractivity contribution is 0.186. The molecule has 0 radical (unpaired) electrons. The van der Waals surface area contributed by atoms with Gasteiger partial charge in [0.2, 0.25) is 0 Å². The highest BCUT2D eigenvalue weighted by Crippen LogP contribution is 2.33. The Kier molecular flexibility index (Phi) is 5.71. The maximum absolute atomic E-state index is 13.0. The molecule has 1 unspecified atom stereocenters. The van der Waals surface area contributed by atoms with Gasteiger partial charge in [0.15, 0.2) is 10.8 Å². The van der Waals surface area contributed by atoms with Gasteiger partial charge in [-0.2, -0.15) is 0 Å². The van der Waals surface area contributed by atoms with Gasteiger partial charge in [0, 0.05) is 24.8 Å². The van der Waals surface area contributed by atoms with Crippen LogP contribution in [0.2, 0.25) is 0 Å². The van der Waals surface area contributed by atoms with Crippen LogP contribution in [0.4, 0.5) is 10.1 Å². The zero-order chi connectivity index (χ0) is 18.8. The van der Waals surface area contributed by atoms with Gasteiger partial charge in [0.05, 0.1) is 5.69 Å². The average Bonchev–Trinajstić information content (AvgIpc) is 2.96. The molecular weight excluding hydrogens is 359 g/mol. The molecule has 3 nitrogen and oxygen atoms in total. The summed E-state index contributed by atoms with van der Waals surface area (Å²) in [5.41, 5.74) is 3.63. The standard InChI is InChI=1S/C22H27FN2OS/c1-24-16-27(26)22-15-18(4-7-21(22)24)8-11-25-12-9-19(10-13-25)14-17-2-5-20(23)6-3-17/h2-7,15,19H,8-14,16H2,1H3. The molecule has 2 aliphatic heterocycles. The highest BCUT2D eigenvalue weighted by Gasteiger charge is 2.29. The summed E-state index contributed by atoms with van der Waals surface area (Å²) in [4.78, 5) is 5.60. The molecule has 27 heavy (non-hydrogen) atoms. The Morgan fingerprint density at radius 1 is 1.07 bits per heavy atom. The van der Waals surface area contributed by atoms with Gasteiger partial charge in [-0.1, -0.05) is 18.2 Å². The molecule has 1 fully saturated rings.